The molecule has 0 aliphatic heterocycles. The highest BCUT2D eigenvalue weighted by atomic mass is 32.1. The molecular weight excluding hydrogens is 274 g/mol. The van der Waals surface area contributed by atoms with Crippen LogP contribution in [0, 0.1) is 5.92 Å². The van der Waals surface area contributed by atoms with Crippen molar-refractivity contribution in [3.8, 4) is 0 Å². The van der Waals surface area contributed by atoms with Gasteiger partial charge in [-0.1, -0.05) is 18.2 Å². The number of allylic oxidation sites excluding steroid dienone is 2. The first kappa shape index (κ1) is 14.8. The molecule has 1 N–H and O–H groups in total. The first-order valence-electron chi connectivity index (χ1n) is 6.76. The van der Waals surface area contributed by atoms with Gasteiger partial charge in [-0.2, -0.15) is 0 Å². The van der Waals surface area contributed by atoms with Crippen LogP contribution in [0.5, 0.6) is 0 Å². The van der Waals surface area contributed by atoms with Gasteiger partial charge in [0.05, 0.1) is 19.6 Å². The molecule has 2 atom stereocenters. The van der Waals surface area contributed by atoms with E-state index < -0.39 is 0 Å². The molecule has 0 bridgehead atoms. The van der Waals surface area contributed by atoms with Crippen LogP contribution in [-0.2, 0) is 14.3 Å². The number of thiophene rings is 1. The van der Waals surface area contributed by atoms with Gasteiger partial charge in [0, 0.05) is 10.8 Å². The van der Waals surface area contributed by atoms with Crippen molar-refractivity contribution in [2.45, 2.75) is 31.7 Å². The molecule has 4 nitrogen and oxygen atoms in total. The summed E-state index contributed by atoms with van der Waals surface area (Å²) in [5, 5.41) is 4.93. The predicted octanol–water partition coefficient (Wildman–Crippen LogP) is 2.82. The van der Waals surface area contributed by atoms with Gasteiger partial charge < -0.3 is 10.1 Å². The van der Waals surface area contributed by atoms with Crippen LogP contribution in [0.1, 0.15) is 36.6 Å². The zero-order valence-electron chi connectivity index (χ0n) is 11.5. The number of nitrogens with one attached hydrogen (secondary N) is 1. The fourth-order valence-corrected chi connectivity index (χ4v) is 3.06. The number of hydrogen-bond donors (Lipinski definition) is 1. The third kappa shape index (κ3) is 3.93. The smallest absolute Gasteiger partial charge is 0.307 e. The maximum Gasteiger partial charge on any atom is 0.307 e. The largest absolute Gasteiger partial charge is 0.469 e. The topological polar surface area (TPSA) is 55.4 Å². The molecule has 2 rings (SSSR count). The molecular formula is C15H19NO3S. The lowest BCUT2D eigenvalue weighted by molar-refractivity contribution is -0.141. The van der Waals surface area contributed by atoms with E-state index in [0.717, 1.165) is 24.1 Å². The van der Waals surface area contributed by atoms with Crippen LogP contribution in [0.25, 0.3) is 0 Å². The first-order valence-corrected chi connectivity index (χ1v) is 7.64. The molecule has 0 fully saturated rings. The first-order chi connectivity index (χ1) is 9.70. The lowest BCUT2D eigenvalue weighted by atomic mass is 9.93. The highest BCUT2D eigenvalue weighted by Gasteiger charge is 2.24. The number of methoxy groups -OCH3 is 1. The Hall–Kier alpha value is -1.62. The fourth-order valence-electron chi connectivity index (χ4n) is 2.28. The normalized spacial score (nSPS) is 19.4. The van der Waals surface area contributed by atoms with Gasteiger partial charge >= 0.3 is 5.97 Å². The third-order valence-corrected chi connectivity index (χ3v) is 4.43. The van der Waals surface area contributed by atoms with E-state index in [1.165, 1.54) is 18.4 Å². The number of ether oxygens (including phenoxy) is 1. The van der Waals surface area contributed by atoms with Crippen LogP contribution in [0.15, 0.2) is 29.7 Å². The predicted molar refractivity (Wildman–Crippen MR) is 78.3 cm³/mol. The van der Waals surface area contributed by atoms with Crippen LogP contribution >= 0.6 is 11.3 Å². The standard InChI is InChI=1S/C15H19NO3S/c1-19-14(17)10-12(13-8-5-9-20-13)16-15(18)11-6-3-2-4-7-11/h2-3,5,8-9,11-12H,4,6-7,10H2,1H3,(H,16,18)/t11-,12+/m0/s1. The fraction of sp³-hybridized carbons (Fsp3) is 0.467. The summed E-state index contributed by atoms with van der Waals surface area (Å²) in [6.45, 7) is 0. The molecule has 1 aromatic heterocycles. The van der Waals surface area contributed by atoms with Crippen molar-refractivity contribution in [2.24, 2.45) is 5.92 Å². The van der Waals surface area contributed by atoms with Crippen molar-refractivity contribution in [2.75, 3.05) is 7.11 Å². The third-order valence-electron chi connectivity index (χ3n) is 3.44. The maximum atomic E-state index is 12.3. The van der Waals surface area contributed by atoms with E-state index in [-0.39, 0.29) is 30.3 Å². The summed E-state index contributed by atoms with van der Waals surface area (Å²) in [5.41, 5.74) is 0. The van der Waals surface area contributed by atoms with Crippen molar-refractivity contribution in [3.05, 3.63) is 34.5 Å². The molecule has 1 amide bonds. The summed E-state index contributed by atoms with van der Waals surface area (Å²) in [5.74, 6) is -0.274. The molecule has 0 spiro atoms. The number of carbonyl (C=O) groups is 2. The summed E-state index contributed by atoms with van der Waals surface area (Å²) < 4.78 is 4.71. The molecule has 0 saturated carbocycles. The Morgan fingerprint density at radius 1 is 1.50 bits per heavy atom. The van der Waals surface area contributed by atoms with E-state index >= 15 is 0 Å². The van der Waals surface area contributed by atoms with Gasteiger partial charge in [-0.15, -0.1) is 11.3 Å². The van der Waals surface area contributed by atoms with E-state index in [9.17, 15) is 9.59 Å². The summed E-state index contributed by atoms with van der Waals surface area (Å²) in [6, 6.07) is 3.56. The monoisotopic (exact) mass is 293 g/mol. The number of hydrogen-bond acceptors (Lipinski definition) is 4. The second-order valence-electron chi connectivity index (χ2n) is 4.84. The van der Waals surface area contributed by atoms with E-state index in [1.54, 1.807) is 0 Å². The highest BCUT2D eigenvalue weighted by molar-refractivity contribution is 7.10. The Balaban J connectivity index is 2.01. The quantitative estimate of drug-likeness (QED) is 0.671. The molecule has 1 aliphatic carbocycles. The molecule has 1 heterocycles. The molecule has 5 heteroatoms. The zero-order valence-corrected chi connectivity index (χ0v) is 12.3. The number of carbonyl (C=O) groups excluding carboxylic acids is 2. The van der Waals surface area contributed by atoms with Crippen molar-refractivity contribution in [1.82, 2.24) is 5.32 Å². The average molecular weight is 293 g/mol. The Bertz CT molecular complexity index is 481. The Morgan fingerprint density at radius 3 is 2.95 bits per heavy atom. The lowest BCUT2D eigenvalue weighted by Crippen LogP contribution is -2.35. The van der Waals surface area contributed by atoms with E-state index in [0.29, 0.717) is 0 Å². The lowest BCUT2D eigenvalue weighted by Gasteiger charge is -2.22. The molecule has 1 aromatic rings. The zero-order chi connectivity index (χ0) is 14.4. The number of amides is 1. The van der Waals surface area contributed by atoms with Gasteiger partial charge in [-0.05, 0) is 30.7 Å². The summed E-state index contributed by atoms with van der Waals surface area (Å²) >= 11 is 1.54. The Morgan fingerprint density at radius 2 is 2.35 bits per heavy atom. The number of rotatable bonds is 5. The van der Waals surface area contributed by atoms with Crippen LogP contribution in [0.2, 0.25) is 0 Å². The SMILES string of the molecule is COC(=O)C[C@@H](NC(=O)[C@H]1CC=CCC1)c1cccs1. The highest BCUT2D eigenvalue weighted by Crippen LogP contribution is 2.25. The van der Waals surface area contributed by atoms with Crippen LogP contribution in [-0.4, -0.2) is 19.0 Å². The molecule has 0 unspecified atom stereocenters. The van der Waals surface area contributed by atoms with Gasteiger partial charge in [-0.3, -0.25) is 9.59 Å². The van der Waals surface area contributed by atoms with Crippen molar-refractivity contribution >= 4 is 23.2 Å². The number of esters is 1. The average Bonchev–Trinajstić information content (AvgIpc) is 3.01. The van der Waals surface area contributed by atoms with Crippen LogP contribution in [0.4, 0.5) is 0 Å². The maximum absolute atomic E-state index is 12.3. The minimum absolute atomic E-state index is 0.0140. The van der Waals surface area contributed by atoms with Gasteiger partial charge in [0.2, 0.25) is 5.91 Å². The molecule has 1 aliphatic rings. The molecule has 20 heavy (non-hydrogen) atoms. The molecule has 0 aromatic carbocycles. The summed E-state index contributed by atoms with van der Waals surface area (Å²) in [6.07, 6.45) is 6.92. The Labute approximate surface area is 122 Å². The summed E-state index contributed by atoms with van der Waals surface area (Å²) in [4.78, 5) is 24.8. The Kier molecular flexibility index (Phi) is 5.35. The second-order valence-corrected chi connectivity index (χ2v) is 5.82. The van der Waals surface area contributed by atoms with Crippen LogP contribution in [0.3, 0.4) is 0 Å². The van der Waals surface area contributed by atoms with E-state index in [4.69, 9.17) is 4.74 Å². The van der Waals surface area contributed by atoms with Gasteiger partial charge in [0.25, 0.3) is 0 Å². The van der Waals surface area contributed by atoms with Gasteiger partial charge in [0.15, 0.2) is 0 Å². The van der Waals surface area contributed by atoms with Crippen molar-refractivity contribution in [1.29, 1.82) is 0 Å². The molecule has 108 valence electrons. The molecule has 0 radical (unpaired) electrons. The van der Waals surface area contributed by atoms with E-state index in [1.807, 2.05) is 23.6 Å². The van der Waals surface area contributed by atoms with Gasteiger partial charge in [0.1, 0.15) is 0 Å². The van der Waals surface area contributed by atoms with Crippen LogP contribution < -0.4 is 5.32 Å². The van der Waals surface area contributed by atoms with Gasteiger partial charge in [-0.25, -0.2) is 0 Å². The van der Waals surface area contributed by atoms with Crippen molar-refractivity contribution < 1.29 is 14.3 Å². The summed E-state index contributed by atoms with van der Waals surface area (Å²) in [7, 11) is 1.36. The second kappa shape index (κ2) is 7.24. The van der Waals surface area contributed by atoms with Crippen molar-refractivity contribution in [3.63, 3.8) is 0 Å². The van der Waals surface area contributed by atoms with E-state index in [2.05, 4.69) is 11.4 Å². The minimum atomic E-state index is -0.313. The molecule has 0 saturated heterocycles. The minimum Gasteiger partial charge on any atom is -0.469 e.